The Morgan fingerprint density at radius 3 is 1.49 bits per heavy atom. The van der Waals surface area contributed by atoms with Crippen molar-refractivity contribution < 1.29 is 32.9 Å². The minimum Gasteiger partial charge on any atom is -0.489 e. The van der Waals surface area contributed by atoms with Crippen molar-refractivity contribution in [2.75, 3.05) is 0 Å². The highest BCUT2D eigenvalue weighted by Crippen LogP contribution is 2.48. The fourth-order valence-corrected chi connectivity index (χ4v) is 7.53. The first-order chi connectivity index (χ1) is 27.5. The molecule has 0 fully saturated rings. The molecule has 0 amide bonds. The van der Waals surface area contributed by atoms with Gasteiger partial charge < -0.3 is 28.1 Å². The number of fused-ring (bicyclic) bond motifs is 1. The van der Waals surface area contributed by atoms with E-state index in [4.69, 9.17) is 28.1 Å². The zero-order valence-corrected chi connectivity index (χ0v) is 34.3. The predicted molar refractivity (Wildman–Crippen MR) is 226 cm³/mol. The van der Waals surface area contributed by atoms with Gasteiger partial charge in [-0.3, -0.25) is 4.79 Å². The molecular formula is C49H50O7Si. The van der Waals surface area contributed by atoms with Gasteiger partial charge in [0.05, 0.1) is 0 Å². The second-order valence-corrected chi connectivity index (χ2v) is 20.6. The highest BCUT2D eigenvalue weighted by Gasteiger charge is 2.48. The lowest BCUT2D eigenvalue weighted by Gasteiger charge is -2.42. The molecule has 1 aliphatic rings. The highest BCUT2D eigenvalue weighted by molar-refractivity contribution is 6.74. The van der Waals surface area contributed by atoms with Gasteiger partial charge in [-0.1, -0.05) is 148 Å². The van der Waals surface area contributed by atoms with E-state index >= 15 is 4.79 Å². The Morgan fingerprint density at radius 2 is 1.00 bits per heavy atom. The fraction of sp³-hybridized carbons (Fsp3) is 0.245. The third-order valence-electron chi connectivity index (χ3n) is 10.6. The summed E-state index contributed by atoms with van der Waals surface area (Å²) >= 11 is 0. The van der Waals surface area contributed by atoms with Crippen LogP contribution in [0.5, 0.6) is 28.7 Å². The number of rotatable bonds is 15. The number of carbonyl (C=O) groups is 1. The monoisotopic (exact) mass is 778 g/mol. The number of hydrogen-bond acceptors (Lipinski definition) is 7. The summed E-state index contributed by atoms with van der Waals surface area (Å²) < 4.78 is 39.6. The van der Waals surface area contributed by atoms with Gasteiger partial charge in [-0.15, -0.1) is 0 Å². The summed E-state index contributed by atoms with van der Waals surface area (Å²) in [5.41, 5.74) is 5.08. The van der Waals surface area contributed by atoms with E-state index in [1.165, 1.54) is 0 Å². The zero-order valence-electron chi connectivity index (χ0n) is 33.3. The number of hydrogen-bond donors (Lipinski definition) is 0. The molecule has 292 valence electrons. The van der Waals surface area contributed by atoms with Gasteiger partial charge in [-0.2, -0.15) is 0 Å². The average Bonchev–Trinajstić information content (AvgIpc) is 3.22. The van der Waals surface area contributed by atoms with Crippen LogP contribution in [-0.4, -0.2) is 20.2 Å². The van der Waals surface area contributed by atoms with Crippen LogP contribution < -0.4 is 23.7 Å². The molecule has 2 atom stereocenters. The molecule has 1 heterocycles. The molecule has 57 heavy (non-hydrogen) atoms. The van der Waals surface area contributed by atoms with E-state index in [1.54, 1.807) is 12.1 Å². The quantitative estimate of drug-likeness (QED) is 0.0961. The van der Waals surface area contributed by atoms with Crippen molar-refractivity contribution >= 4 is 14.1 Å². The number of benzene rings is 6. The van der Waals surface area contributed by atoms with Gasteiger partial charge in [0.2, 0.25) is 5.78 Å². The van der Waals surface area contributed by atoms with Gasteiger partial charge in [-0.25, -0.2) is 0 Å². The lowest BCUT2D eigenvalue weighted by molar-refractivity contribution is 0.0257. The molecule has 8 heteroatoms. The lowest BCUT2D eigenvalue weighted by atomic mass is 9.92. The summed E-state index contributed by atoms with van der Waals surface area (Å²) in [6.07, 6.45) is -1.78. The molecule has 0 radical (unpaired) electrons. The molecular weight excluding hydrogens is 729 g/mol. The zero-order chi connectivity index (χ0) is 39.8. The van der Waals surface area contributed by atoms with E-state index < -0.39 is 20.5 Å². The van der Waals surface area contributed by atoms with Crippen LogP contribution in [0.1, 0.15) is 65.1 Å². The van der Waals surface area contributed by atoms with Crippen molar-refractivity contribution in [3.8, 4) is 28.7 Å². The van der Waals surface area contributed by atoms with Gasteiger partial charge >= 0.3 is 0 Å². The van der Waals surface area contributed by atoms with Crippen molar-refractivity contribution in [1.29, 1.82) is 0 Å². The largest absolute Gasteiger partial charge is 0.489 e. The van der Waals surface area contributed by atoms with Crippen LogP contribution in [0.4, 0.5) is 0 Å². The van der Waals surface area contributed by atoms with Crippen LogP contribution in [0, 0.1) is 0 Å². The van der Waals surface area contributed by atoms with E-state index in [9.17, 15) is 0 Å². The smallest absolute Gasteiger partial charge is 0.202 e. The van der Waals surface area contributed by atoms with Crippen molar-refractivity contribution in [1.82, 2.24) is 0 Å². The second kappa shape index (κ2) is 17.5. The Balaban J connectivity index is 1.29. The summed E-state index contributed by atoms with van der Waals surface area (Å²) in [6.45, 7) is 12.1. The topological polar surface area (TPSA) is 72.5 Å². The summed E-state index contributed by atoms with van der Waals surface area (Å²) in [4.78, 5) is 15.1. The third kappa shape index (κ3) is 9.77. The Labute approximate surface area is 337 Å². The number of carbonyl (C=O) groups excluding carboxylic acids is 1. The van der Waals surface area contributed by atoms with E-state index in [-0.39, 0.29) is 17.4 Å². The first kappa shape index (κ1) is 39.4. The predicted octanol–water partition coefficient (Wildman–Crippen LogP) is 11.7. The minimum absolute atomic E-state index is 0.182. The molecule has 0 N–H and O–H groups in total. The maximum atomic E-state index is 15.1. The Hall–Kier alpha value is -5.83. The summed E-state index contributed by atoms with van der Waals surface area (Å²) in [5.74, 6) is 2.17. The summed E-state index contributed by atoms with van der Waals surface area (Å²) in [6, 6.07) is 49.1. The molecule has 7 rings (SSSR count). The number of ether oxygens (including phenoxy) is 5. The van der Waals surface area contributed by atoms with Gasteiger partial charge in [0.1, 0.15) is 49.2 Å². The minimum atomic E-state index is -2.54. The Morgan fingerprint density at radius 1 is 0.544 bits per heavy atom. The van der Waals surface area contributed by atoms with Gasteiger partial charge in [0.25, 0.3) is 0 Å². The van der Waals surface area contributed by atoms with Crippen molar-refractivity contribution in [3.63, 3.8) is 0 Å². The second-order valence-electron chi connectivity index (χ2n) is 15.8. The SMILES string of the molecule is CC(C)(C)[Si](C)(C)O[C@H]1C(=O)c2c(OCc3ccccc3)cc(OCc3ccccc3)cc2O[C@@H]1c1ccc(OCc2ccccc2)c(OCc2ccccc2)c1. The van der Waals surface area contributed by atoms with Crippen LogP contribution in [0.15, 0.2) is 152 Å². The molecule has 0 spiro atoms. The van der Waals surface area contributed by atoms with Crippen LogP contribution in [0.2, 0.25) is 18.1 Å². The first-order valence-corrected chi connectivity index (χ1v) is 22.3. The van der Waals surface area contributed by atoms with Gasteiger partial charge in [0.15, 0.2) is 32.0 Å². The maximum Gasteiger partial charge on any atom is 0.202 e. The van der Waals surface area contributed by atoms with Crippen molar-refractivity contribution in [3.05, 3.63) is 185 Å². The molecule has 0 aromatic heterocycles. The van der Waals surface area contributed by atoms with Crippen LogP contribution in [0.25, 0.3) is 0 Å². The van der Waals surface area contributed by atoms with Crippen LogP contribution in [-0.2, 0) is 30.9 Å². The van der Waals surface area contributed by atoms with Crippen molar-refractivity contribution in [2.24, 2.45) is 0 Å². The molecule has 7 nitrogen and oxygen atoms in total. The maximum absolute atomic E-state index is 15.1. The van der Waals surface area contributed by atoms with E-state index in [2.05, 4.69) is 33.9 Å². The molecule has 0 saturated carbocycles. The standard InChI is InChI=1S/C49H50O7Si/c1-49(2,3)57(4,5)56-48-46(50)45-43(54-34-38-24-16-9-17-25-38)29-40(51-31-35-18-10-6-11-19-35)30-44(45)55-47(48)39-26-27-41(52-32-36-20-12-7-13-21-36)42(28-39)53-33-37-22-14-8-15-23-37/h6-30,47-48H,31-34H2,1-5H3/t47-,48+/m1/s1. The normalized spacial score (nSPS) is 15.3. The fourth-order valence-electron chi connectivity index (χ4n) is 6.31. The van der Waals surface area contributed by atoms with E-state index in [0.29, 0.717) is 54.1 Å². The number of Topliss-reactive ketones (excluding diaryl/α,β-unsaturated/α-hetero) is 1. The number of ketones is 1. The summed E-state index contributed by atoms with van der Waals surface area (Å²) in [7, 11) is -2.54. The van der Waals surface area contributed by atoms with Crippen molar-refractivity contribution in [2.45, 2.75) is 77.5 Å². The summed E-state index contributed by atoms with van der Waals surface area (Å²) in [5, 5.41) is -0.182. The van der Waals surface area contributed by atoms with Crippen LogP contribution >= 0.6 is 0 Å². The molecule has 0 saturated heterocycles. The molecule has 0 bridgehead atoms. The van der Waals surface area contributed by atoms with E-state index in [1.807, 2.05) is 140 Å². The van der Waals surface area contributed by atoms with Gasteiger partial charge in [-0.05, 0) is 58.1 Å². The van der Waals surface area contributed by atoms with Gasteiger partial charge in [0, 0.05) is 12.1 Å². The highest BCUT2D eigenvalue weighted by atomic mass is 28.4. The Kier molecular flexibility index (Phi) is 12.1. The molecule has 0 unspecified atom stereocenters. The lowest BCUT2D eigenvalue weighted by Crippen LogP contribution is -2.50. The molecule has 6 aromatic carbocycles. The molecule has 6 aromatic rings. The third-order valence-corrected chi connectivity index (χ3v) is 15.0. The Bertz CT molecular complexity index is 2240. The molecule has 1 aliphatic heterocycles. The van der Waals surface area contributed by atoms with E-state index in [0.717, 1.165) is 27.8 Å². The van der Waals surface area contributed by atoms with Crippen LogP contribution in [0.3, 0.4) is 0 Å². The molecule has 0 aliphatic carbocycles. The first-order valence-electron chi connectivity index (χ1n) is 19.4. The average molecular weight is 779 g/mol.